The van der Waals surface area contributed by atoms with E-state index in [1.807, 2.05) is 49.0 Å². The van der Waals surface area contributed by atoms with Gasteiger partial charge in [-0.1, -0.05) is 18.2 Å². The van der Waals surface area contributed by atoms with Gasteiger partial charge in [-0.3, -0.25) is 0 Å². The van der Waals surface area contributed by atoms with E-state index in [1.165, 1.54) is 0 Å². The molecule has 0 unspecified atom stereocenters. The highest BCUT2D eigenvalue weighted by Gasteiger charge is 2.15. The minimum atomic E-state index is 0.242. The summed E-state index contributed by atoms with van der Waals surface area (Å²) >= 11 is 0. The first-order chi connectivity index (χ1) is 10.3. The van der Waals surface area contributed by atoms with Crippen LogP contribution in [0.15, 0.2) is 30.3 Å². The lowest BCUT2D eigenvalue weighted by atomic mass is 10.2. The van der Waals surface area contributed by atoms with Crippen LogP contribution in [0, 0.1) is 6.92 Å². The summed E-state index contributed by atoms with van der Waals surface area (Å²) in [5.41, 5.74) is 2.00. The Kier molecular flexibility index (Phi) is 5.63. The maximum atomic E-state index is 8.76. The normalized spacial score (nSPS) is 10.6. The van der Waals surface area contributed by atoms with E-state index in [2.05, 4.69) is 10.4 Å². The number of para-hydroxylation sites is 1. The number of aromatic nitrogens is 2. The molecule has 0 aliphatic rings. The van der Waals surface area contributed by atoms with Crippen molar-refractivity contribution < 1.29 is 9.84 Å². The zero-order chi connectivity index (χ0) is 15.1. The molecule has 0 radical (unpaired) electrons. The molecular formula is C16H23N3O2. The van der Waals surface area contributed by atoms with Gasteiger partial charge in [0, 0.05) is 13.7 Å². The molecule has 5 heteroatoms. The molecule has 114 valence electrons. The number of nitrogens with zero attached hydrogens (tertiary/aromatic N) is 2. The molecular weight excluding hydrogens is 266 g/mol. The molecule has 1 aromatic carbocycles. The van der Waals surface area contributed by atoms with E-state index in [4.69, 9.17) is 9.84 Å². The van der Waals surface area contributed by atoms with Gasteiger partial charge in [0.15, 0.2) is 0 Å². The van der Waals surface area contributed by atoms with Crippen LogP contribution in [0.2, 0.25) is 0 Å². The van der Waals surface area contributed by atoms with Crippen LogP contribution in [0.5, 0.6) is 5.88 Å². The first-order valence-corrected chi connectivity index (χ1v) is 7.34. The molecule has 0 atom stereocenters. The second-order valence-electron chi connectivity index (χ2n) is 4.91. The Morgan fingerprint density at radius 3 is 2.62 bits per heavy atom. The van der Waals surface area contributed by atoms with Crippen molar-refractivity contribution in [1.29, 1.82) is 0 Å². The Hall–Kier alpha value is -2.01. The van der Waals surface area contributed by atoms with Gasteiger partial charge in [-0.25, -0.2) is 4.68 Å². The number of benzene rings is 1. The van der Waals surface area contributed by atoms with Crippen LogP contribution in [-0.4, -0.2) is 35.1 Å². The van der Waals surface area contributed by atoms with Crippen LogP contribution >= 0.6 is 0 Å². The molecule has 5 nitrogen and oxygen atoms in total. The van der Waals surface area contributed by atoms with Gasteiger partial charge in [0.1, 0.15) is 5.82 Å². The number of ether oxygens (including phenoxy) is 1. The number of aliphatic hydroxyl groups excluding tert-OH is 1. The number of anilines is 1. The van der Waals surface area contributed by atoms with E-state index >= 15 is 0 Å². The number of hydrogen-bond acceptors (Lipinski definition) is 4. The third-order valence-corrected chi connectivity index (χ3v) is 3.36. The lowest BCUT2D eigenvalue weighted by Crippen LogP contribution is -2.03. The first-order valence-electron chi connectivity index (χ1n) is 7.34. The predicted molar refractivity (Wildman–Crippen MR) is 84.3 cm³/mol. The van der Waals surface area contributed by atoms with E-state index in [1.54, 1.807) is 0 Å². The molecule has 2 N–H and O–H groups in total. The molecule has 0 bridgehead atoms. The molecule has 2 rings (SSSR count). The SMILES string of the molecule is CNc1c(C)c(OCCCCCO)nn1-c1ccccc1. The Morgan fingerprint density at radius 1 is 1.19 bits per heavy atom. The third-order valence-electron chi connectivity index (χ3n) is 3.36. The minimum Gasteiger partial charge on any atom is -0.476 e. The predicted octanol–water partition coefficient (Wildman–Crippen LogP) is 2.76. The van der Waals surface area contributed by atoms with Gasteiger partial charge in [0.2, 0.25) is 5.88 Å². The van der Waals surface area contributed by atoms with E-state index in [0.717, 1.165) is 36.3 Å². The lowest BCUT2D eigenvalue weighted by molar-refractivity contribution is 0.261. The van der Waals surface area contributed by atoms with Gasteiger partial charge in [0.25, 0.3) is 0 Å². The Bertz CT molecular complexity index is 552. The Balaban J connectivity index is 2.11. The van der Waals surface area contributed by atoms with Crippen LogP contribution in [-0.2, 0) is 0 Å². The van der Waals surface area contributed by atoms with Crippen LogP contribution in [0.25, 0.3) is 5.69 Å². The summed E-state index contributed by atoms with van der Waals surface area (Å²) in [6.45, 7) is 2.86. The molecule has 2 aromatic rings. The van der Waals surface area contributed by atoms with E-state index < -0.39 is 0 Å². The van der Waals surface area contributed by atoms with E-state index in [0.29, 0.717) is 12.5 Å². The molecule has 0 spiro atoms. The van der Waals surface area contributed by atoms with Crippen molar-refractivity contribution in [2.24, 2.45) is 0 Å². The van der Waals surface area contributed by atoms with Crippen molar-refractivity contribution in [2.45, 2.75) is 26.2 Å². The average Bonchev–Trinajstić information content (AvgIpc) is 2.84. The highest BCUT2D eigenvalue weighted by atomic mass is 16.5. The zero-order valence-corrected chi connectivity index (χ0v) is 12.7. The van der Waals surface area contributed by atoms with Crippen molar-refractivity contribution in [3.8, 4) is 11.6 Å². The number of nitrogens with one attached hydrogen (secondary N) is 1. The maximum Gasteiger partial charge on any atom is 0.238 e. The monoisotopic (exact) mass is 289 g/mol. The summed E-state index contributed by atoms with van der Waals surface area (Å²) in [5.74, 6) is 1.60. The number of hydrogen-bond donors (Lipinski definition) is 2. The smallest absolute Gasteiger partial charge is 0.238 e. The van der Waals surface area contributed by atoms with Crippen molar-refractivity contribution >= 4 is 5.82 Å². The van der Waals surface area contributed by atoms with E-state index in [9.17, 15) is 0 Å². The largest absolute Gasteiger partial charge is 0.476 e. The van der Waals surface area contributed by atoms with Crippen LogP contribution in [0.1, 0.15) is 24.8 Å². The molecule has 0 aliphatic carbocycles. The maximum absolute atomic E-state index is 8.76. The average molecular weight is 289 g/mol. The molecule has 0 aliphatic heterocycles. The Labute approximate surface area is 125 Å². The standard InChI is InChI=1S/C16H23N3O2/c1-13-15(17-2)19(14-9-5-3-6-10-14)18-16(13)21-12-8-4-7-11-20/h3,5-6,9-10,17,20H,4,7-8,11-12H2,1-2H3. The summed E-state index contributed by atoms with van der Waals surface area (Å²) in [7, 11) is 1.88. The van der Waals surface area contributed by atoms with Gasteiger partial charge in [0.05, 0.1) is 17.9 Å². The Morgan fingerprint density at radius 2 is 1.95 bits per heavy atom. The van der Waals surface area contributed by atoms with Gasteiger partial charge in [-0.05, 0) is 38.3 Å². The lowest BCUT2D eigenvalue weighted by Gasteiger charge is -2.06. The van der Waals surface area contributed by atoms with Gasteiger partial charge in [-0.2, -0.15) is 0 Å². The third kappa shape index (κ3) is 3.76. The molecule has 0 fully saturated rings. The van der Waals surface area contributed by atoms with Crippen molar-refractivity contribution in [3.05, 3.63) is 35.9 Å². The van der Waals surface area contributed by atoms with Crippen LogP contribution < -0.4 is 10.1 Å². The van der Waals surface area contributed by atoms with Crippen molar-refractivity contribution in [1.82, 2.24) is 9.78 Å². The number of rotatable bonds is 8. The fourth-order valence-corrected chi connectivity index (χ4v) is 2.22. The molecule has 21 heavy (non-hydrogen) atoms. The van der Waals surface area contributed by atoms with E-state index in [-0.39, 0.29) is 6.61 Å². The fraction of sp³-hybridized carbons (Fsp3) is 0.438. The summed E-state index contributed by atoms with van der Waals surface area (Å²) in [4.78, 5) is 0. The quantitative estimate of drug-likeness (QED) is 0.734. The number of unbranched alkanes of at least 4 members (excludes halogenated alkanes) is 2. The summed E-state index contributed by atoms with van der Waals surface area (Å²) < 4.78 is 7.63. The summed E-state index contributed by atoms with van der Waals surface area (Å²) in [6, 6.07) is 9.98. The molecule has 1 heterocycles. The second kappa shape index (κ2) is 7.69. The summed E-state index contributed by atoms with van der Waals surface area (Å²) in [5, 5.41) is 16.5. The fourth-order valence-electron chi connectivity index (χ4n) is 2.22. The topological polar surface area (TPSA) is 59.3 Å². The van der Waals surface area contributed by atoms with Crippen LogP contribution in [0.3, 0.4) is 0 Å². The molecule has 1 aromatic heterocycles. The van der Waals surface area contributed by atoms with Crippen LogP contribution in [0.4, 0.5) is 5.82 Å². The van der Waals surface area contributed by atoms with Gasteiger partial charge < -0.3 is 15.2 Å². The molecule has 0 amide bonds. The van der Waals surface area contributed by atoms with Gasteiger partial charge >= 0.3 is 0 Å². The number of aliphatic hydroxyl groups is 1. The second-order valence-corrected chi connectivity index (χ2v) is 4.91. The molecule has 0 saturated carbocycles. The minimum absolute atomic E-state index is 0.242. The van der Waals surface area contributed by atoms with Crippen molar-refractivity contribution in [3.63, 3.8) is 0 Å². The zero-order valence-electron chi connectivity index (χ0n) is 12.7. The highest BCUT2D eigenvalue weighted by Crippen LogP contribution is 2.27. The highest BCUT2D eigenvalue weighted by molar-refractivity contribution is 5.54. The first kappa shape index (κ1) is 15.4. The van der Waals surface area contributed by atoms with Crippen molar-refractivity contribution in [2.75, 3.05) is 25.6 Å². The molecule has 0 saturated heterocycles. The summed E-state index contributed by atoms with van der Waals surface area (Å²) in [6.07, 6.45) is 2.71. The van der Waals surface area contributed by atoms with Gasteiger partial charge in [-0.15, -0.1) is 5.10 Å².